The van der Waals surface area contributed by atoms with Gasteiger partial charge in [-0.2, -0.15) is 4.37 Å². The molecule has 0 fully saturated rings. The Hall–Kier alpha value is -1.01. The SMILES string of the molecule is CCOc1c(N)nsc1NCCOCC(C)C. The zero-order chi connectivity index (χ0) is 12.7. The summed E-state index contributed by atoms with van der Waals surface area (Å²) in [5, 5.41) is 4.09. The normalized spacial score (nSPS) is 10.8. The zero-order valence-electron chi connectivity index (χ0n) is 10.7. The predicted molar refractivity (Wildman–Crippen MR) is 71.8 cm³/mol. The first kappa shape index (κ1) is 14.1. The molecule has 6 heteroatoms. The van der Waals surface area contributed by atoms with Gasteiger partial charge in [-0.3, -0.25) is 0 Å². The largest absolute Gasteiger partial charge is 0.487 e. The molecule has 1 rings (SSSR count). The van der Waals surface area contributed by atoms with Gasteiger partial charge in [-0.25, -0.2) is 0 Å². The minimum atomic E-state index is 0.447. The van der Waals surface area contributed by atoms with Gasteiger partial charge < -0.3 is 20.5 Å². The number of rotatable bonds is 8. The number of hydrogen-bond donors (Lipinski definition) is 2. The average Bonchev–Trinajstić information content (AvgIpc) is 2.61. The van der Waals surface area contributed by atoms with E-state index in [0.717, 1.165) is 18.2 Å². The molecular formula is C11H21N3O2S. The fourth-order valence-electron chi connectivity index (χ4n) is 1.25. The minimum absolute atomic E-state index is 0.447. The quantitative estimate of drug-likeness (QED) is 0.700. The van der Waals surface area contributed by atoms with Gasteiger partial charge in [0.15, 0.2) is 16.6 Å². The van der Waals surface area contributed by atoms with E-state index in [4.69, 9.17) is 15.2 Å². The molecule has 98 valence electrons. The molecule has 0 atom stereocenters. The maximum Gasteiger partial charge on any atom is 0.197 e. The Morgan fingerprint density at radius 1 is 1.47 bits per heavy atom. The molecule has 1 aromatic rings. The molecule has 0 saturated carbocycles. The van der Waals surface area contributed by atoms with Crippen molar-refractivity contribution in [3.8, 4) is 5.75 Å². The molecule has 1 aromatic heterocycles. The third-order valence-electron chi connectivity index (χ3n) is 1.95. The van der Waals surface area contributed by atoms with Crippen LogP contribution >= 0.6 is 11.5 Å². The summed E-state index contributed by atoms with van der Waals surface area (Å²) in [7, 11) is 0. The summed E-state index contributed by atoms with van der Waals surface area (Å²) in [6.45, 7) is 8.95. The summed E-state index contributed by atoms with van der Waals surface area (Å²) in [6.07, 6.45) is 0. The highest BCUT2D eigenvalue weighted by atomic mass is 32.1. The molecule has 0 aromatic carbocycles. The fourth-order valence-corrected chi connectivity index (χ4v) is 1.93. The van der Waals surface area contributed by atoms with Gasteiger partial charge in [0.25, 0.3) is 0 Å². The van der Waals surface area contributed by atoms with Crippen LogP contribution in [0.15, 0.2) is 0 Å². The van der Waals surface area contributed by atoms with Crippen molar-refractivity contribution in [1.82, 2.24) is 4.37 Å². The van der Waals surface area contributed by atoms with Gasteiger partial charge in [0, 0.05) is 13.2 Å². The van der Waals surface area contributed by atoms with Crippen LogP contribution in [0.2, 0.25) is 0 Å². The average molecular weight is 259 g/mol. The second-order valence-corrected chi connectivity index (χ2v) is 4.83. The van der Waals surface area contributed by atoms with Crippen LogP contribution in [0.4, 0.5) is 10.8 Å². The van der Waals surface area contributed by atoms with E-state index in [2.05, 4.69) is 23.5 Å². The van der Waals surface area contributed by atoms with E-state index in [9.17, 15) is 0 Å². The first-order chi connectivity index (χ1) is 8.15. The van der Waals surface area contributed by atoms with Crippen LogP contribution in [-0.4, -0.2) is 30.7 Å². The number of hydrogen-bond acceptors (Lipinski definition) is 6. The maximum absolute atomic E-state index is 5.70. The topological polar surface area (TPSA) is 69.4 Å². The van der Waals surface area contributed by atoms with Gasteiger partial charge in [-0.1, -0.05) is 13.8 Å². The molecular weight excluding hydrogens is 238 g/mol. The zero-order valence-corrected chi connectivity index (χ0v) is 11.5. The minimum Gasteiger partial charge on any atom is -0.487 e. The molecule has 0 aliphatic rings. The molecule has 5 nitrogen and oxygen atoms in total. The lowest BCUT2D eigenvalue weighted by molar-refractivity contribution is 0.118. The van der Waals surface area contributed by atoms with Crippen molar-refractivity contribution in [2.75, 3.05) is 37.4 Å². The molecule has 0 amide bonds. The third-order valence-corrected chi connectivity index (χ3v) is 2.75. The van der Waals surface area contributed by atoms with Crippen LogP contribution in [-0.2, 0) is 4.74 Å². The fraction of sp³-hybridized carbons (Fsp3) is 0.727. The Kier molecular flexibility index (Phi) is 6.07. The number of nitrogens with two attached hydrogens (primary N) is 1. The smallest absolute Gasteiger partial charge is 0.197 e. The standard InChI is InChI=1S/C11H21N3O2S/c1-4-16-9-10(12)14-17-11(9)13-5-6-15-7-8(2)3/h8,13H,4-7H2,1-3H3,(H2,12,14). The molecule has 3 N–H and O–H groups in total. The van der Waals surface area contributed by atoms with E-state index in [1.165, 1.54) is 11.5 Å². The van der Waals surface area contributed by atoms with Crippen LogP contribution in [0.3, 0.4) is 0 Å². The molecule has 0 bridgehead atoms. The van der Waals surface area contributed by atoms with Gasteiger partial charge in [0.2, 0.25) is 0 Å². The van der Waals surface area contributed by atoms with E-state index < -0.39 is 0 Å². The Morgan fingerprint density at radius 3 is 2.88 bits per heavy atom. The second kappa shape index (κ2) is 7.34. The van der Waals surface area contributed by atoms with E-state index in [0.29, 0.717) is 30.7 Å². The van der Waals surface area contributed by atoms with Gasteiger partial charge in [0.1, 0.15) is 0 Å². The Bertz CT molecular complexity index is 329. The number of nitrogens with zero attached hydrogens (tertiary/aromatic N) is 1. The summed E-state index contributed by atoms with van der Waals surface area (Å²) in [4.78, 5) is 0. The Morgan fingerprint density at radius 2 is 2.24 bits per heavy atom. The third kappa shape index (κ3) is 4.79. The summed E-state index contributed by atoms with van der Waals surface area (Å²) < 4.78 is 14.9. The van der Waals surface area contributed by atoms with Crippen LogP contribution in [0.25, 0.3) is 0 Å². The molecule has 0 spiro atoms. The number of nitrogen functional groups attached to an aromatic ring is 1. The van der Waals surface area contributed by atoms with Gasteiger partial charge in [-0.15, -0.1) is 0 Å². The van der Waals surface area contributed by atoms with E-state index >= 15 is 0 Å². The van der Waals surface area contributed by atoms with Crippen molar-refractivity contribution >= 4 is 22.4 Å². The molecule has 17 heavy (non-hydrogen) atoms. The van der Waals surface area contributed by atoms with Crippen molar-refractivity contribution in [2.24, 2.45) is 5.92 Å². The number of nitrogens with one attached hydrogen (secondary N) is 1. The molecule has 0 aliphatic heterocycles. The first-order valence-electron chi connectivity index (χ1n) is 5.84. The monoisotopic (exact) mass is 259 g/mol. The highest BCUT2D eigenvalue weighted by Gasteiger charge is 2.11. The van der Waals surface area contributed by atoms with Crippen LogP contribution < -0.4 is 15.8 Å². The summed E-state index contributed by atoms with van der Waals surface area (Å²) in [5.74, 6) is 1.66. The molecule has 1 heterocycles. The lowest BCUT2D eigenvalue weighted by atomic mass is 10.2. The van der Waals surface area contributed by atoms with Crippen molar-refractivity contribution < 1.29 is 9.47 Å². The summed E-state index contributed by atoms with van der Waals surface area (Å²) in [5.41, 5.74) is 5.70. The highest BCUT2D eigenvalue weighted by molar-refractivity contribution is 7.11. The molecule has 0 aliphatic carbocycles. The van der Waals surface area contributed by atoms with Crippen molar-refractivity contribution in [1.29, 1.82) is 0 Å². The van der Waals surface area contributed by atoms with Gasteiger partial charge in [-0.05, 0) is 24.4 Å². The Labute approximate surface area is 106 Å². The first-order valence-corrected chi connectivity index (χ1v) is 6.62. The van der Waals surface area contributed by atoms with E-state index in [1.54, 1.807) is 0 Å². The van der Waals surface area contributed by atoms with Gasteiger partial charge in [0.05, 0.1) is 13.2 Å². The predicted octanol–water partition coefficient (Wildman–Crippen LogP) is 2.21. The second-order valence-electron chi connectivity index (χ2n) is 4.05. The van der Waals surface area contributed by atoms with Crippen molar-refractivity contribution in [2.45, 2.75) is 20.8 Å². The number of aromatic nitrogens is 1. The maximum atomic E-state index is 5.70. The lowest BCUT2D eigenvalue weighted by Gasteiger charge is -2.09. The van der Waals surface area contributed by atoms with Crippen molar-refractivity contribution in [3.05, 3.63) is 0 Å². The summed E-state index contributed by atoms with van der Waals surface area (Å²) in [6, 6.07) is 0. The molecule has 0 saturated heterocycles. The van der Waals surface area contributed by atoms with Gasteiger partial charge >= 0.3 is 0 Å². The van der Waals surface area contributed by atoms with Crippen molar-refractivity contribution in [3.63, 3.8) is 0 Å². The van der Waals surface area contributed by atoms with Crippen LogP contribution in [0.5, 0.6) is 5.75 Å². The number of ether oxygens (including phenoxy) is 2. The van der Waals surface area contributed by atoms with Crippen LogP contribution in [0.1, 0.15) is 20.8 Å². The number of anilines is 2. The molecule has 0 unspecified atom stereocenters. The molecule has 0 radical (unpaired) electrons. The van der Waals surface area contributed by atoms with E-state index in [-0.39, 0.29) is 0 Å². The Balaban J connectivity index is 2.31. The summed E-state index contributed by atoms with van der Waals surface area (Å²) >= 11 is 1.31. The van der Waals surface area contributed by atoms with E-state index in [1.807, 2.05) is 6.92 Å². The van der Waals surface area contributed by atoms with Crippen LogP contribution in [0, 0.1) is 5.92 Å². The highest BCUT2D eigenvalue weighted by Crippen LogP contribution is 2.34. The lowest BCUT2D eigenvalue weighted by Crippen LogP contribution is -2.12.